The minimum absolute atomic E-state index is 0.0626. The molecule has 0 unspecified atom stereocenters. The number of nitrogens with zero attached hydrogens (tertiary/aromatic N) is 4. The van der Waals surface area contributed by atoms with Crippen LogP contribution in [0.4, 0.5) is 0 Å². The summed E-state index contributed by atoms with van der Waals surface area (Å²) in [6, 6.07) is 12.0. The molecule has 0 atom stereocenters. The Bertz CT molecular complexity index is 667. The van der Waals surface area contributed by atoms with Crippen LogP contribution in [-0.2, 0) is 13.1 Å². The maximum Gasteiger partial charge on any atom is 0.0683 e. The normalized spacial score (nSPS) is 11.0. The molecule has 0 saturated heterocycles. The summed E-state index contributed by atoms with van der Waals surface area (Å²) in [6.45, 7) is 1.08. The fraction of sp³-hybridized carbons (Fsp3) is 0.250. The largest absolute Gasteiger partial charge is 0.394 e. The van der Waals surface area contributed by atoms with Crippen molar-refractivity contribution in [2.75, 3.05) is 13.2 Å². The van der Waals surface area contributed by atoms with Crippen LogP contribution in [0.25, 0.3) is 22.5 Å². The van der Waals surface area contributed by atoms with Crippen LogP contribution in [-0.4, -0.2) is 43.0 Å². The molecule has 0 aliphatic heterocycles. The highest BCUT2D eigenvalue weighted by atomic mass is 16.3. The number of aromatic nitrogens is 4. The summed E-state index contributed by atoms with van der Waals surface area (Å²) in [5.74, 6) is 0. The third-order valence-electron chi connectivity index (χ3n) is 3.53. The van der Waals surface area contributed by atoms with Gasteiger partial charge in [-0.3, -0.25) is 9.36 Å². The molecule has 0 spiro atoms. The van der Waals surface area contributed by atoms with Crippen molar-refractivity contribution in [2.24, 2.45) is 0 Å². The Balaban J connectivity index is 1.89. The van der Waals surface area contributed by atoms with E-state index in [2.05, 4.69) is 10.2 Å². The molecule has 0 aliphatic rings. The van der Waals surface area contributed by atoms with E-state index in [1.165, 1.54) is 0 Å². The zero-order chi connectivity index (χ0) is 15.4. The fourth-order valence-electron chi connectivity index (χ4n) is 2.51. The third kappa shape index (κ3) is 2.79. The van der Waals surface area contributed by atoms with Gasteiger partial charge >= 0.3 is 0 Å². The van der Waals surface area contributed by atoms with Crippen LogP contribution < -0.4 is 0 Å². The second kappa shape index (κ2) is 6.55. The summed E-state index contributed by atoms with van der Waals surface area (Å²) >= 11 is 0. The van der Waals surface area contributed by atoms with E-state index in [1.807, 2.05) is 36.4 Å². The molecule has 3 rings (SSSR count). The van der Waals surface area contributed by atoms with Gasteiger partial charge in [0.2, 0.25) is 0 Å². The number of rotatable bonds is 6. The van der Waals surface area contributed by atoms with Gasteiger partial charge < -0.3 is 10.2 Å². The predicted octanol–water partition coefficient (Wildman–Crippen LogP) is 1.40. The number of hydrogen-bond acceptors (Lipinski definition) is 4. The Hall–Kier alpha value is -2.44. The first kappa shape index (κ1) is 14.5. The van der Waals surface area contributed by atoms with Crippen molar-refractivity contribution in [3.8, 4) is 22.5 Å². The molecule has 0 radical (unpaired) electrons. The molecule has 0 aliphatic carbocycles. The van der Waals surface area contributed by atoms with Gasteiger partial charge in [0, 0.05) is 12.4 Å². The molecule has 0 bridgehead atoms. The fourth-order valence-corrected chi connectivity index (χ4v) is 2.51. The van der Waals surface area contributed by atoms with Gasteiger partial charge in [0.25, 0.3) is 0 Å². The smallest absolute Gasteiger partial charge is 0.0683 e. The lowest BCUT2D eigenvalue weighted by Crippen LogP contribution is -2.06. The summed E-state index contributed by atoms with van der Waals surface area (Å²) in [7, 11) is 0. The molecule has 2 aromatic heterocycles. The second-order valence-electron chi connectivity index (χ2n) is 4.90. The predicted molar refractivity (Wildman–Crippen MR) is 83.1 cm³/mol. The average molecular weight is 298 g/mol. The third-order valence-corrected chi connectivity index (χ3v) is 3.53. The van der Waals surface area contributed by atoms with Gasteiger partial charge in [0.1, 0.15) is 0 Å². The van der Waals surface area contributed by atoms with Crippen molar-refractivity contribution in [3.05, 3.63) is 48.8 Å². The lowest BCUT2D eigenvalue weighted by Gasteiger charge is -2.08. The second-order valence-corrected chi connectivity index (χ2v) is 4.90. The van der Waals surface area contributed by atoms with Gasteiger partial charge in [-0.25, -0.2) is 0 Å². The molecule has 2 heterocycles. The lowest BCUT2D eigenvalue weighted by molar-refractivity contribution is 0.270. The summed E-state index contributed by atoms with van der Waals surface area (Å²) < 4.78 is 3.57. The van der Waals surface area contributed by atoms with Gasteiger partial charge in [-0.2, -0.15) is 10.2 Å². The first-order valence-electron chi connectivity index (χ1n) is 7.19. The van der Waals surface area contributed by atoms with E-state index in [9.17, 15) is 0 Å². The van der Waals surface area contributed by atoms with Crippen molar-refractivity contribution in [1.29, 1.82) is 0 Å². The number of benzene rings is 1. The van der Waals surface area contributed by atoms with E-state index in [1.54, 1.807) is 21.8 Å². The Labute approximate surface area is 128 Å². The highest BCUT2D eigenvalue weighted by Crippen LogP contribution is 2.24. The molecule has 6 heteroatoms. The highest BCUT2D eigenvalue weighted by Gasteiger charge is 2.08. The van der Waals surface area contributed by atoms with E-state index in [0.717, 1.165) is 22.5 Å². The topological polar surface area (TPSA) is 76.1 Å². The highest BCUT2D eigenvalue weighted by molar-refractivity contribution is 5.66. The van der Waals surface area contributed by atoms with Crippen molar-refractivity contribution in [1.82, 2.24) is 19.6 Å². The summed E-state index contributed by atoms with van der Waals surface area (Å²) in [6.07, 6.45) is 3.46. The van der Waals surface area contributed by atoms with Crippen LogP contribution in [0.3, 0.4) is 0 Å². The van der Waals surface area contributed by atoms with Gasteiger partial charge in [0.15, 0.2) is 0 Å². The average Bonchev–Trinajstić information content (AvgIpc) is 3.18. The molecule has 1 aromatic carbocycles. The molecule has 0 saturated carbocycles. The zero-order valence-corrected chi connectivity index (χ0v) is 12.1. The van der Waals surface area contributed by atoms with E-state index >= 15 is 0 Å². The van der Waals surface area contributed by atoms with E-state index < -0.39 is 0 Å². The van der Waals surface area contributed by atoms with Crippen LogP contribution in [0.15, 0.2) is 48.8 Å². The summed E-state index contributed by atoms with van der Waals surface area (Å²) in [5, 5.41) is 26.6. The molecule has 6 nitrogen and oxygen atoms in total. The molecular formula is C16H18N4O2. The number of aliphatic hydroxyl groups is 2. The van der Waals surface area contributed by atoms with Crippen LogP contribution in [0.1, 0.15) is 0 Å². The molecule has 0 amide bonds. The molecular weight excluding hydrogens is 280 g/mol. The number of aliphatic hydroxyl groups excluding tert-OH is 2. The summed E-state index contributed by atoms with van der Waals surface area (Å²) in [5.41, 5.74) is 4.04. The van der Waals surface area contributed by atoms with Gasteiger partial charge in [-0.05, 0) is 23.3 Å². The van der Waals surface area contributed by atoms with E-state index in [-0.39, 0.29) is 13.2 Å². The molecule has 0 fully saturated rings. The zero-order valence-electron chi connectivity index (χ0n) is 12.1. The standard InChI is InChI=1S/C16H18N4O2/c21-11-9-19-15(5-7-17-19)13-1-2-14(4-3-13)16-6-8-18-20(16)10-12-22/h1-8,21-22H,9-12H2. The van der Waals surface area contributed by atoms with Crippen molar-refractivity contribution in [2.45, 2.75) is 13.1 Å². The van der Waals surface area contributed by atoms with Crippen LogP contribution in [0.2, 0.25) is 0 Å². The van der Waals surface area contributed by atoms with Crippen LogP contribution in [0.5, 0.6) is 0 Å². The van der Waals surface area contributed by atoms with Crippen molar-refractivity contribution < 1.29 is 10.2 Å². The summed E-state index contributed by atoms with van der Waals surface area (Å²) in [4.78, 5) is 0. The van der Waals surface area contributed by atoms with Crippen molar-refractivity contribution >= 4 is 0 Å². The quantitative estimate of drug-likeness (QED) is 0.721. The molecule has 2 N–H and O–H groups in total. The lowest BCUT2D eigenvalue weighted by atomic mass is 10.1. The van der Waals surface area contributed by atoms with Crippen LogP contribution >= 0.6 is 0 Å². The van der Waals surface area contributed by atoms with E-state index in [4.69, 9.17) is 10.2 Å². The first-order chi connectivity index (χ1) is 10.8. The Morgan fingerprint density at radius 1 is 0.682 bits per heavy atom. The van der Waals surface area contributed by atoms with Gasteiger partial charge in [-0.1, -0.05) is 24.3 Å². The monoisotopic (exact) mass is 298 g/mol. The SMILES string of the molecule is OCCn1nccc1-c1ccc(-c2ccnn2CCO)cc1. The van der Waals surface area contributed by atoms with E-state index in [0.29, 0.717) is 13.1 Å². The maximum atomic E-state index is 9.07. The molecule has 114 valence electrons. The first-order valence-corrected chi connectivity index (χ1v) is 7.19. The Morgan fingerprint density at radius 3 is 1.45 bits per heavy atom. The molecule has 3 aromatic rings. The van der Waals surface area contributed by atoms with Gasteiger partial charge in [0.05, 0.1) is 37.7 Å². The van der Waals surface area contributed by atoms with Crippen molar-refractivity contribution in [3.63, 3.8) is 0 Å². The van der Waals surface area contributed by atoms with Crippen LogP contribution in [0, 0.1) is 0 Å². The minimum atomic E-state index is 0.0626. The Kier molecular flexibility index (Phi) is 4.32. The Morgan fingerprint density at radius 2 is 1.09 bits per heavy atom. The minimum Gasteiger partial charge on any atom is -0.394 e. The maximum absolute atomic E-state index is 9.07. The van der Waals surface area contributed by atoms with Gasteiger partial charge in [-0.15, -0.1) is 0 Å². The number of hydrogen-bond donors (Lipinski definition) is 2. The molecule has 22 heavy (non-hydrogen) atoms.